The lowest BCUT2D eigenvalue weighted by Crippen LogP contribution is -2.44. The average Bonchev–Trinajstić information content (AvgIpc) is 3.09. The van der Waals surface area contributed by atoms with Crippen molar-refractivity contribution in [2.24, 2.45) is 11.8 Å². The second-order valence-corrected chi connectivity index (χ2v) is 11.8. The number of carbonyl (C=O) groups is 4. The highest BCUT2D eigenvalue weighted by Gasteiger charge is 2.35. The third-order valence-corrected chi connectivity index (χ3v) is 9.11. The van der Waals surface area contributed by atoms with Crippen molar-refractivity contribution in [2.75, 3.05) is 45.2 Å². The molecule has 2 fully saturated rings. The predicted octanol–water partition coefficient (Wildman–Crippen LogP) is 3.84. The van der Waals surface area contributed by atoms with Gasteiger partial charge in [-0.15, -0.1) is 0 Å². The molecule has 3 heterocycles. The molecule has 0 radical (unpaired) electrons. The molecule has 42 heavy (non-hydrogen) atoms. The molecule has 0 saturated carbocycles. The second-order valence-electron chi connectivity index (χ2n) is 11.8. The van der Waals surface area contributed by atoms with Crippen molar-refractivity contribution in [3.05, 3.63) is 65.2 Å². The number of piperidine rings is 2. The van der Waals surface area contributed by atoms with Crippen molar-refractivity contribution in [3.8, 4) is 0 Å². The van der Waals surface area contributed by atoms with E-state index in [4.69, 9.17) is 4.74 Å². The van der Waals surface area contributed by atoms with Crippen LogP contribution in [0.5, 0.6) is 0 Å². The Morgan fingerprint density at radius 1 is 0.881 bits per heavy atom. The van der Waals surface area contributed by atoms with Crippen LogP contribution in [0, 0.1) is 11.8 Å². The molecule has 3 aliphatic heterocycles. The first-order valence-electron chi connectivity index (χ1n) is 14.8. The summed E-state index contributed by atoms with van der Waals surface area (Å²) in [6.07, 6.45) is 3.25. The first-order valence-corrected chi connectivity index (χ1v) is 14.8. The van der Waals surface area contributed by atoms with Crippen LogP contribution >= 0.6 is 0 Å². The molecule has 2 aromatic rings. The summed E-state index contributed by atoms with van der Waals surface area (Å²) in [5.41, 5.74) is 3.16. The van der Waals surface area contributed by atoms with Crippen molar-refractivity contribution in [3.63, 3.8) is 0 Å². The lowest BCUT2D eigenvalue weighted by molar-refractivity contribution is -0.141. The molecule has 10 nitrogen and oxygen atoms in total. The monoisotopic (exact) mass is 576 g/mol. The zero-order chi connectivity index (χ0) is 29.8. The summed E-state index contributed by atoms with van der Waals surface area (Å²) >= 11 is 0. The Balaban J connectivity index is 1.12. The summed E-state index contributed by atoms with van der Waals surface area (Å²) in [7, 11) is 3.39. The van der Waals surface area contributed by atoms with Gasteiger partial charge in [0, 0.05) is 58.1 Å². The molecular weight excluding hydrogens is 536 g/mol. The largest absolute Gasteiger partial charge is 0.481 e. The molecular formula is C32H40N4O6. The van der Waals surface area contributed by atoms with Gasteiger partial charge in [-0.05, 0) is 66.8 Å². The number of likely N-dealkylation sites (tertiary alicyclic amines) is 2. The van der Waals surface area contributed by atoms with Gasteiger partial charge in [-0.3, -0.25) is 14.4 Å². The Labute approximate surface area is 246 Å². The van der Waals surface area contributed by atoms with E-state index in [1.165, 1.54) is 4.90 Å². The van der Waals surface area contributed by atoms with Crippen LogP contribution < -0.4 is 4.90 Å². The molecule has 0 bridgehead atoms. The summed E-state index contributed by atoms with van der Waals surface area (Å²) in [4.78, 5) is 57.2. The zero-order valence-corrected chi connectivity index (χ0v) is 24.4. The fourth-order valence-electron chi connectivity index (χ4n) is 6.62. The molecule has 1 atom stereocenters. The third kappa shape index (κ3) is 6.53. The summed E-state index contributed by atoms with van der Waals surface area (Å²) in [6, 6.07) is 14.4. The van der Waals surface area contributed by atoms with Gasteiger partial charge in [0.2, 0.25) is 5.91 Å². The highest BCUT2D eigenvalue weighted by molar-refractivity contribution is 5.96. The van der Waals surface area contributed by atoms with E-state index in [-0.39, 0.29) is 30.9 Å². The van der Waals surface area contributed by atoms with Gasteiger partial charge in [0.15, 0.2) is 0 Å². The first-order chi connectivity index (χ1) is 20.2. The maximum Gasteiger partial charge on any atom is 0.410 e. The molecule has 0 aliphatic carbocycles. The molecule has 0 spiro atoms. The van der Waals surface area contributed by atoms with Gasteiger partial charge in [-0.2, -0.15) is 0 Å². The fraction of sp³-hybridized carbons (Fsp3) is 0.500. The number of amides is 3. The number of hydrogen-bond acceptors (Lipinski definition) is 6. The van der Waals surface area contributed by atoms with Gasteiger partial charge in [0.05, 0.1) is 6.42 Å². The van der Waals surface area contributed by atoms with Crippen molar-refractivity contribution in [1.82, 2.24) is 14.7 Å². The highest BCUT2D eigenvalue weighted by Crippen LogP contribution is 2.34. The number of likely N-dealkylation sites (N-methyl/N-ethyl adjacent to an activating group) is 2. The van der Waals surface area contributed by atoms with Gasteiger partial charge in [-0.25, -0.2) is 4.79 Å². The summed E-state index contributed by atoms with van der Waals surface area (Å²) in [5.74, 6) is -0.228. The Morgan fingerprint density at radius 3 is 2.12 bits per heavy atom. The van der Waals surface area contributed by atoms with Crippen LogP contribution in [0.2, 0.25) is 0 Å². The average molecular weight is 577 g/mol. The fourth-order valence-corrected chi connectivity index (χ4v) is 6.62. The van der Waals surface area contributed by atoms with Crippen LogP contribution in [-0.2, 0) is 27.5 Å². The van der Waals surface area contributed by atoms with Crippen LogP contribution in [0.3, 0.4) is 0 Å². The van der Waals surface area contributed by atoms with Crippen LogP contribution in [0.15, 0.2) is 48.5 Å². The summed E-state index contributed by atoms with van der Waals surface area (Å²) in [5, 5.41) is 9.31. The van der Waals surface area contributed by atoms with Crippen molar-refractivity contribution >= 4 is 29.6 Å². The number of carboxylic acid groups (broad SMARTS) is 1. The molecule has 0 aromatic heterocycles. The number of rotatable bonds is 6. The highest BCUT2D eigenvalue weighted by atomic mass is 16.6. The number of fused-ring (bicyclic) bond motifs is 1. The number of ether oxygens (including phenoxy) is 1. The maximum absolute atomic E-state index is 13.5. The van der Waals surface area contributed by atoms with E-state index in [1.54, 1.807) is 25.1 Å². The van der Waals surface area contributed by atoms with E-state index in [0.717, 1.165) is 42.5 Å². The van der Waals surface area contributed by atoms with Crippen molar-refractivity contribution in [2.45, 2.75) is 51.3 Å². The van der Waals surface area contributed by atoms with Gasteiger partial charge < -0.3 is 29.4 Å². The maximum atomic E-state index is 13.5. The van der Waals surface area contributed by atoms with E-state index < -0.39 is 12.0 Å². The molecule has 10 heteroatoms. The van der Waals surface area contributed by atoms with Gasteiger partial charge in [0.25, 0.3) is 5.91 Å². The minimum Gasteiger partial charge on any atom is -0.481 e. The number of hydrogen-bond donors (Lipinski definition) is 1. The Hall–Kier alpha value is -4.08. The minimum absolute atomic E-state index is 0.0183. The van der Waals surface area contributed by atoms with Crippen LogP contribution in [0.4, 0.5) is 10.5 Å². The molecule has 3 aliphatic rings. The normalized spacial score (nSPS) is 20.2. The molecule has 5 rings (SSSR count). The third-order valence-electron chi connectivity index (χ3n) is 9.11. The van der Waals surface area contributed by atoms with E-state index in [2.05, 4.69) is 0 Å². The number of aliphatic carboxylic acids is 1. The zero-order valence-electron chi connectivity index (χ0n) is 24.4. The van der Waals surface area contributed by atoms with Gasteiger partial charge in [0.1, 0.15) is 12.6 Å². The molecule has 2 saturated heterocycles. The number of benzene rings is 2. The molecule has 224 valence electrons. The lowest BCUT2D eigenvalue weighted by atomic mass is 9.79. The second kappa shape index (κ2) is 12.8. The van der Waals surface area contributed by atoms with Gasteiger partial charge in [-0.1, -0.05) is 30.3 Å². The Morgan fingerprint density at radius 2 is 1.50 bits per heavy atom. The van der Waals surface area contributed by atoms with Gasteiger partial charge >= 0.3 is 12.1 Å². The van der Waals surface area contributed by atoms with E-state index in [1.807, 2.05) is 52.3 Å². The molecule has 2 aromatic carbocycles. The quantitative estimate of drug-likeness (QED) is 0.556. The Bertz CT molecular complexity index is 1300. The molecule has 1 unspecified atom stereocenters. The Kier molecular flexibility index (Phi) is 8.99. The topological polar surface area (TPSA) is 111 Å². The standard InChI is InChI=1S/C32H40N4O6/c1-33-20-26-18-25(8-9-27(26)34(2)28(31(33)40)19-29(37)38)30(39)35-14-10-23(11-15-35)24-12-16-36(17-13-24)32(41)42-21-22-6-4-3-5-7-22/h3-9,18,23-24,28H,10-17,19-21H2,1-2H3,(H,37,38). The number of anilines is 1. The lowest BCUT2D eigenvalue weighted by Gasteiger charge is -2.40. The van der Waals surface area contributed by atoms with E-state index >= 15 is 0 Å². The SMILES string of the molecule is CN1Cc2cc(C(=O)N3CCC(C4CCN(C(=O)OCc5ccccc5)CC4)CC3)ccc2N(C)C(CC(=O)O)C1=O. The minimum atomic E-state index is -1.03. The smallest absolute Gasteiger partial charge is 0.410 e. The summed E-state index contributed by atoms with van der Waals surface area (Å²) in [6.45, 7) is 3.39. The summed E-state index contributed by atoms with van der Waals surface area (Å²) < 4.78 is 5.51. The van der Waals surface area contributed by atoms with Crippen LogP contribution in [0.25, 0.3) is 0 Å². The number of nitrogens with zero attached hydrogens (tertiary/aromatic N) is 4. The van der Waals surface area contributed by atoms with Crippen LogP contribution in [-0.4, -0.2) is 90.0 Å². The molecule has 3 amide bonds. The van der Waals surface area contributed by atoms with E-state index in [9.17, 15) is 24.3 Å². The first kappa shape index (κ1) is 29.4. The van der Waals surface area contributed by atoms with Crippen molar-refractivity contribution < 1.29 is 29.0 Å². The number of carbonyl (C=O) groups excluding carboxylic acids is 3. The van der Waals surface area contributed by atoms with E-state index in [0.29, 0.717) is 50.1 Å². The predicted molar refractivity (Wildman–Crippen MR) is 157 cm³/mol. The van der Waals surface area contributed by atoms with Crippen molar-refractivity contribution in [1.29, 1.82) is 0 Å². The van der Waals surface area contributed by atoms with Crippen LogP contribution in [0.1, 0.15) is 53.6 Å². The molecule has 1 N–H and O–H groups in total. The number of carboxylic acids is 1.